The maximum atomic E-state index is 11.7. The summed E-state index contributed by atoms with van der Waals surface area (Å²) in [6.45, 7) is 5.35. The largest absolute Gasteiger partial charge is 0.478 e. The Morgan fingerprint density at radius 2 is 1.78 bits per heavy atom. The highest BCUT2D eigenvalue weighted by Gasteiger charge is 2.16. The average molecular weight is 314 g/mol. The monoisotopic (exact) mass is 314 g/mol. The highest BCUT2D eigenvalue weighted by molar-refractivity contribution is 5.96. The lowest BCUT2D eigenvalue weighted by molar-refractivity contribution is 0.0634. The Morgan fingerprint density at radius 1 is 1.13 bits per heavy atom. The predicted molar refractivity (Wildman–Crippen MR) is 86.5 cm³/mol. The Morgan fingerprint density at radius 3 is 2.35 bits per heavy atom. The number of carbonyl (C=O) groups is 2. The number of hydrogen-bond donors (Lipinski definition) is 2. The number of pyridine rings is 1. The van der Waals surface area contributed by atoms with Crippen molar-refractivity contribution in [3.05, 3.63) is 48.3 Å². The Kier molecular flexibility index (Phi) is 4.64. The van der Waals surface area contributed by atoms with Crippen LogP contribution >= 0.6 is 0 Å². The summed E-state index contributed by atoms with van der Waals surface area (Å²) in [6, 6.07) is 8.24. The standard InChI is InChI=1S/C17H18N2O4/c1-17(2,3)23-16(22)19-12-6-4-11(5-7-12)14-10-18-9-8-13(14)15(20)21/h4-10H,1-3H3,(H,19,22)(H,20,21). The molecule has 0 fully saturated rings. The molecule has 2 N–H and O–H groups in total. The third kappa shape index (κ3) is 4.54. The zero-order valence-electron chi connectivity index (χ0n) is 13.2. The molecule has 0 aliphatic rings. The van der Waals surface area contributed by atoms with Crippen molar-refractivity contribution in [1.29, 1.82) is 0 Å². The molecule has 0 aliphatic carbocycles. The van der Waals surface area contributed by atoms with E-state index in [1.165, 1.54) is 18.5 Å². The number of benzene rings is 1. The van der Waals surface area contributed by atoms with Crippen molar-refractivity contribution in [1.82, 2.24) is 4.98 Å². The molecular weight excluding hydrogens is 296 g/mol. The van der Waals surface area contributed by atoms with Gasteiger partial charge in [-0.1, -0.05) is 12.1 Å². The zero-order chi connectivity index (χ0) is 17.0. The second-order valence-corrected chi connectivity index (χ2v) is 5.93. The van der Waals surface area contributed by atoms with Crippen LogP contribution in [0, 0.1) is 0 Å². The maximum absolute atomic E-state index is 11.7. The van der Waals surface area contributed by atoms with Gasteiger partial charge in [-0.3, -0.25) is 10.3 Å². The summed E-state index contributed by atoms with van der Waals surface area (Å²) in [7, 11) is 0. The minimum atomic E-state index is -1.02. The summed E-state index contributed by atoms with van der Waals surface area (Å²) < 4.78 is 5.17. The fourth-order valence-corrected chi connectivity index (χ4v) is 1.97. The Balaban J connectivity index is 2.18. The number of rotatable bonds is 3. The van der Waals surface area contributed by atoms with Gasteiger partial charge in [-0.25, -0.2) is 9.59 Å². The number of aromatic carboxylic acids is 1. The second kappa shape index (κ2) is 6.48. The van der Waals surface area contributed by atoms with Gasteiger partial charge in [-0.2, -0.15) is 0 Å². The number of amides is 1. The number of carboxylic acids is 1. The van der Waals surface area contributed by atoms with Crippen LogP contribution in [-0.4, -0.2) is 27.8 Å². The molecule has 0 atom stereocenters. The molecule has 0 saturated heterocycles. The second-order valence-electron chi connectivity index (χ2n) is 5.93. The minimum absolute atomic E-state index is 0.174. The molecular formula is C17H18N2O4. The highest BCUT2D eigenvalue weighted by atomic mass is 16.6. The molecule has 0 spiro atoms. The molecule has 0 saturated carbocycles. The Hall–Kier alpha value is -2.89. The molecule has 6 heteroatoms. The van der Waals surface area contributed by atoms with Crippen LogP contribution in [0.3, 0.4) is 0 Å². The zero-order valence-corrected chi connectivity index (χ0v) is 13.2. The number of ether oxygens (including phenoxy) is 1. The molecule has 2 aromatic rings. The molecule has 0 radical (unpaired) electrons. The number of carbonyl (C=O) groups excluding carboxylic acids is 1. The molecule has 120 valence electrons. The maximum Gasteiger partial charge on any atom is 0.412 e. The number of carboxylic acid groups (broad SMARTS) is 1. The van der Waals surface area contributed by atoms with E-state index in [1.54, 1.807) is 45.0 Å². The first-order valence-electron chi connectivity index (χ1n) is 7.04. The molecule has 0 aliphatic heterocycles. The first-order valence-corrected chi connectivity index (χ1v) is 7.04. The number of nitrogens with one attached hydrogen (secondary N) is 1. The molecule has 2 rings (SSSR count). The lowest BCUT2D eigenvalue weighted by atomic mass is 10.0. The Labute approximate surface area is 134 Å². The summed E-state index contributed by atoms with van der Waals surface area (Å²) in [5, 5.41) is 11.8. The van der Waals surface area contributed by atoms with E-state index in [2.05, 4.69) is 10.3 Å². The molecule has 0 unspecified atom stereocenters. The lowest BCUT2D eigenvalue weighted by Crippen LogP contribution is -2.27. The number of nitrogens with zero attached hydrogens (tertiary/aromatic N) is 1. The van der Waals surface area contributed by atoms with Crippen LogP contribution in [-0.2, 0) is 4.74 Å². The van der Waals surface area contributed by atoms with E-state index >= 15 is 0 Å². The fraction of sp³-hybridized carbons (Fsp3) is 0.235. The van der Waals surface area contributed by atoms with Crippen LogP contribution in [0.2, 0.25) is 0 Å². The highest BCUT2D eigenvalue weighted by Crippen LogP contribution is 2.24. The van der Waals surface area contributed by atoms with Gasteiger partial charge in [0.1, 0.15) is 5.60 Å². The molecule has 1 amide bonds. The minimum Gasteiger partial charge on any atom is -0.478 e. The van der Waals surface area contributed by atoms with E-state index in [0.717, 1.165) is 0 Å². The van der Waals surface area contributed by atoms with Crippen molar-refractivity contribution in [2.24, 2.45) is 0 Å². The number of anilines is 1. The molecule has 6 nitrogen and oxygen atoms in total. The van der Waals surface area contributed by atoms with Crippen molar-refractivity contribution in [2.45, 2.75) is 26.4 Å². The van der Waals surface area contributed by atoms with Gasteiger partial charge in [0.2, 0.25) is 0 Å². The molecule has 23 heavy (non-hydrogen) atoms. The van der Waals surface area contributed by atoms with Crippen LogP contribution < -0.4 is 5.32 Å². The van der Waals surface area contributed by atoms with Crippen molar-refractivity contribution in [2.75, 3.05) is 5.32 Å². The van der Waals surface area contributed by atoms with Crippen LogP contribution in [0.1, 0.15) is 31.1 Å². The van der Waals surface area contributed by atoms with Crippen LogP contribution in [0.5, 0.6) is 0 Å². The molecule has 1 aromatic carbocycles. The van der Waals surface area contributed by atoms with Gasteiger partial charge in [0.15, 0.2) is 0 Å². The smallest absolute Gasteiger partial charge is 0.412 e. The van der Waals surface area contributed by atoms with Crippen molar-refractivity contribution >= 4 is 17.7 Å². The van der Waals surface area contributed by atoms with Gasteiger partial charge >= 0.3 is 12.1 Å². The van der Waals surface area contributed by atoms with Crippen LogP contribution in [0.25, 0.3) is 11.1 Å². The summed E-state index contributed by atoms with van der Waals surface area (Å²) in [6.07, 6.45) is 2.39. The average Bonchev–Trinajstić information content (AvgIpc) is 2.46. The Bertz CT molecular complexity index is 718. The van der Waals surface area contributed by atoms with Crippen molar-refractivity contribution in [3.63, 3.8) is 0 Å². The van der Waals surface area contributed by atoms with Crippen molar-refractivity contribution in [3.8, 4) is 11.1 Å². The topological polar surface area (TPSA) is 88.5 Å². The predicted octanol–water partition coefficient (Wildman–Crippen LogP) is 3.79. The van der Waals surface area contributed by atoms with E-state index in [4.69, 9.17) is 4.74 Å². The van der Waals surface area contributed by atoms with Gasteiger partial charge in [0, 0.05) is 23.6 Å². The van der Waals surface area contributed by atoms with E-state index in [0.29, 0.717) is 16.8 Å². The SMILES string of the molecule is CC(C)(C)OC(=O)Nc1ccc(-c2cnccc2C(=O)O)cc1. The molecule has 0 bridgehead atoms. The lowest BCUT2D eigenvalue weighted by Gasteiger charge is -2.19. The van der Waals surface area contributed by atoms with Crippen molar-refractivity contribution < 1.29 is 19.4 Å². The van der Waals surface area contributed by atoms with Gasteiger partial charge in [0.05, 0.1) is 5.56 Å². The molecule has 1 heterocycles. The third-order valence-electron chi connectivity index (χ3n) is 2.89. The summed E-state index contributed by atoms with van der Waals surface area (Å²) in [5.74, 6) is -1.02. The summed E-state index contributed by atoms with van der Waals surface area (Å²) >= 11 is 0. The first kappa shape index (κ1) is 16.5. The van der Waals surface area contributed by atoms with E-state index in [-0.39, 0.29) is 5.56 Å². The van der Waals surface area contributed by atoms with E-state index in [9.17, 15) is 14.7 Å². The first-order chi connectivity index (χ1) is 10.8. The third-order valence-corrected chi connectivity index (χ3v) is 2.89. The van der Waals surface area contributed by atoms with Gasteiger partial charge in [0.25, 0.3) is 0 Å². The van der Waals surface area contributed by atoms with E-state index in [1.807, 2.05) is 0 Å². The quantitative estimate of drug-likeness (QED) is 0.899. The summed E-state index contributed by atoms with van der Waals surface area (Å²) in [5.41, 5.74) is 1.38. The van der Waals surface area contributed by atoms with Gasteiger partial charge < -0.3 is 9.84 Å². The molecule has 1 aromatic heterocycles. The summed E-state index contributed by atoms with van der Waals surface area (Å²) in [4.78, 5) is 26.9. The number of hydrogen-bond acceptors (Lipinski definition) is 4. The van der Waals surface area contributed by atoms with Gasteiger partial charge in [-0.15, -0.1) is 0 Å². The van der Waals surface area contributed by atoms with E-state index < -0.39 is 17.7 Å². The van der Waals surface area contributed by atoms with Crippen LogP contribution in [0.4, 0.5) is 10.5 Å². The van der Waals surface area contributed by atoms with Crippen LogP contribution in [0.15, 0.2) is 42.7 Å². The normalized spacial score (nSPS) is 10.9. The van der Waals surface area contributed by atoms with Gasteiger partial charge in [-0.05, 0) is 44.5 Å². The fourth-order valence-electron chi connectivity index (χ4n) is 1.97. The number of aromatic nitrogens is 1.